The number of nitrogens with one attached hydrogen (secondary N) is 1. The van der Waals surface area contributed by atoms with Crippen LogP contribution in [0.5, 0.6) is 5.75 Å². The smallest absolute Gasteiger partial charge is 0.167 e. The predicted octanol–water partition coefficient (Wildman–Crippen LogP) is 3.51. The Morgan fingerprint density at radius 3 is 2.67 bits per heavy atom. The molecule has 0 bridgehead atoms. The van der Waals surface area contributed by atoms with Gasteiger partial charge in [0.05, 0.1) is 12.7 Å². The van der Waals surface area contributed by atoms with Crippen molar-refractivity contribution in [2.75, 3.05) is 18.5 Å². The average molecular weight is 293 g/mol. The van der Waals surface area contributed by atoms with Crippen LogP contribution < -0.4 is 10.1 Å². The summed E-state index contributed by atoms with van der Waals surface area (Å²) in [7, 11) is 0. The minimum Gasteiger partial charge on any atom is -0.491 e. The normalized spacial score (nSPS) is 12.0. The van der Waals surface area contributed by atoms with Crippen LogP contribution in [0.15, 0.2) is 42.5 Å². The summed E-state index contributed by atoms with van der Waals surface area (Å²) in [5, 5.41) is 12.9. The van der Waals surface area contributed by atoms with Crippen LogP contribution in [0.3, 0.4) is 0 Å². The summed E-state index contributed by atoms with van der Waals surface area (Å²) in [6.45, 7) is 2.32. The molecule has 21 heavy (non-hydrogen) atoms. The molecule has 2 rings (SSSR count). The molecule has 0 aromatic heterocycles. The lowest BCUT2D eigenvalue weighted by molar-refractivity contribution is 0.191. The van der Waals surface area contributed by atoms with Gasteiger partial charge < -0.3 is 15.2 Å². The van der Waals surface area contributed by atoms with Crippen molar-refractivity contribution in [3.05, 3.63) is 59.7 Å². The first-order valence-electron chi connectivity index (χ1n) is 6.70. The molecule has 0 radical (unpaired) electrons. The Kier molecular flexibility index (Phi) is 5.11. The first kappa shape index (κ1) is 15.3. The highest BCUT2D eigenvalue weighted by Gasteiger charge is 2.09. The summed E-state index contributed by atoms with van der Waals surface area (Å²) in [6, 6.07) is 10.2. The molecule has 0 fully saturated rings. The second-order valence-electron chi connectivity index (χ2n) is 4.53. The number of hydrogen-bond donors (Lipinski definition) is 2. The monoisotopic (exact) mass is 293 g/mol. The van der Waals surface area contributed by atoms with Crippen molar-refractivity contribution >= 4 is 5.69 Å². The molecule has 0 aliphatic rings. The van der Waals surface area contributed by atoms with E-state index in [4.69, 9.17) is 4.74 Å². The number of anilines is 1. The topological polar surface area (TPSA) is 41.5 Å². The Bertz CT molecular complexity index is 605. The van der Waals surface area contributed by atoms with Crippen molar-refractivity contribution in [2.45, 2.75) is 13.0 Å². The zero-order valence-electron chi connectivity index (χ0n) is 11.6. The molecule has 1 atom stereocenters. The molecule has 0 heterocycles. The van der Waals surface area contributed by atoms with Gasteiger partial charge in [0.15, 0.2) is 11.6 Å². The van der Waals surface area contributed by atoms with Crippen LogP contribution in [-0.2, 0) is 0 Å². The number of ether oxygens (including phenoxy) is 1. The van der Waals surface area contributed by atoms with Gasteiger partial charge in [-0.25, -0.2) is 8.78 Å². The first-order chi connectivity index (χ1) is 10.1. The molecule has 2 aromatic rings. The van der Waals surface area contributed by atoms with Crippen LogP contribution >= 0.6 is 0 Å². The molecule has 0 amide bonds. The second kappa shape index (κ2) is 7.04. The van der Waals surface area contributed by atoms with E-state index in [2.05, 4.69) is 5.32 Å². The van der Waals surface area contributed by atoms with E-state index in [9.17, 15) is 13.9 Å². The van der Waals surface area contributed by atoms with Gasteiger partial charge in [-0.05, 0) is 36.8 Å². The van der Waals surface area contributed by atoms with Crippen LogP contribution in [0.25, 0.3) is 0 Å². The second-order valence-corrected chi connectivity index (χ2v) is 4.53. The number of hydrogen-bond acceptors (Lipinski definition) is 3. The zero-order chi connectivity index (χ0) is 15.2. The zero-order valence-corrected chi connectivity index (χ0v) is 11.6. The van der Waals surface area contributed by atoms with Crippen LogP contribution in [-0.4, -0.2) is 18.3 Å². The molecular formula is C16H17F2NO2. The molecule has 112 valence electrons. The molecule has 0 aliphatic carbocycles. The fourth-order valence-corrected chi connectivity index (χ4v) is 1.93. The van der Waals surface area contributed by atoms with E-state index in [0.717, 1.165) is 0 Å². The largest absolute Gasteiger partial charge is 0.491 e. The van der Waals surface area contributed by atoms with Gasteiger partial charge in [-0.15, -0.1) is 0 Å². The first-order valence-corrected chi connectivity index (χ1v) is 6.70. The van der Waals surface area contributed by atoms with Gasteiger partial charge in [0, 0.05) is 18.3 Å². The Balaban J connectivity index is 1.98. The summed E-state index contributed by atoms with van der Waals surface area (Å²) in [5.41, 5.74) is 0.986. The third-order valence-corrected chi connectivity index (χ3v) is 2.96. The van der Waals surface area contributed by atoms with Crippen molar-refractivity contribution in [1.29, 1.82) is 0 Å². The average Bonchev–Trinajstić information content (AvgIpc) is 2.47. The lowest BCUT2D eigenvalue weighted by atomic mass is 10.1. The quantitative estimate of drug-likeness (QED) is 0.856. The van der Waals surface area contributed by atoms with Crippen molar-refractivity contribution in [3.8, 4) is 5.75 Å². The molecule has 1 unspecified atom stereocenters. The maximum Gasteiger partial charge on any atom is 0.167 e. The Morgan fingerprint density at radius 2 is 2.00 bits per heavy atom. The highest BCUT2D eigenvalue weighted by Crippen LogP contribution is 2.22. The van der Waals surface area contributed by atoms with Crippen LogP contribution in [0, 0.1) is 11.6 Å². The van der Waals surface area contributed by atoms with E-state index in [1.807, 2.05) is 0 Å². The van der Waals surface area contributed by atoms with Gasteiger partial charge >= 0.3 is 0 Å². The Hall–Kier alpha value is -2.14. The van der Waals surface area contributed by atoms with Crippen LogP contribution in [0.4, 0.5) is 14.5 Å². The number of benzene rings is 2. The molecule has 5 heteroatoms. The summed E-state index contributed by atoms with van der Waals surface area (Å²) in [4.78, 5) is 0. The lowest BCUT2D eigenvalue weighted by Gasteiger charge is -2.14. The Labute approximate surface area is 122 Å². The molecule has 0 spiro atoms. The van der Waals surface area contributed by atoms with Crippen molar-refractivity contribution in [2.24, 2.45) is 0 Å². The summed E-state index contributed by atoms with van der Waals surface area (Å²) >= 11 is 0. The lowest BCUT2D eigenvalue weighted by Crippen LogP contribution is -2.12. The molecule has 0 saturated heterocycles. The number of aliphatic hydroxyl groups is 1. The third kappa shape index (κ3) is 4.16. The molecule has 2 aromatic carbocycles. The van der Waals surface area contributed by atoms with Gasteiger partial charge in [0.2, 0.25) is 0 Å². The summed E-state index contributed by atoms with van der Waals surface area (Å²) in [5.74, 6) is -0.686. The van der Waals surface area contributed by atoms with Gasteiger partial charge in [-0.3, -0.25) is 0 Å². The number of halogens is 2. The fraction of sp³-hybridized carbons (Fsp3) is 0.250. The number of aliphatic hydroxyl groups excluding tert-OH is 1. The highest BCUT2D eigenvalue weighted by molar-refractivity contribution is 5.47. The molecule has 0 saturated carbocycles. The van der Waals surface area contributed by atoms with Gasteiger partial charge in [-0.2, -0.15) is 0 Å². The van der Waals surface area contributed by atoms with Gasteiger partial charge in [0.1, 0.15) is 5.82 Å². The standard InChI is InChI=1S/C16H17F2NO2/c1-2-21-16-7-6-13(9-14(16)18)19-10-15(20)11-4-3-5-12(17)8-11/h3-9,15,19-20H,2,10H2,1H3. The molecule has 0 aliphatic heterocycles. The maximum atomic E-state index is 13.7. The molecule has 2 N–H and O–H groups in total. The predicted molar refractivity (Wildman–Crippen MR) is 77.4 cm³/mol. The molecule has 3 nitrogen and oxygen atoms in total. The maximum absolute atomic E-state index is 13.7. The molecular weight excluding hydrogens is 276 g/mol. The van der Waals surface area contributed by atoms with E-state index in [1.165, 1.54) is 30.3 Å². The van der Waals surface area contributed by atoms with E-state index in [1.54, 1.807) is 19.1 Å². The summed E-state index contributed by atoms with van der Waals surface area (Å²) < 4.78 is 31.8. The van der Waals surface area contributed by atoms with Crippen molar-refractivity contribution < 1.29 is 18.6 Å². The van der Waals surface area contributed by atoms with Crippen LogP contribution in [0.2, 0.25) is 0 Å². The van der Waals surface area contributed by atoms with Crippen molar-refractivity contribution in [1.82, 2.24) is 0 Å². The highest BCUT2D eigenvalue weighted by atomic mass is 19.1. The van der Waals surface area contributed by atoms with E-state index in [-0.39, 0.29) is 12.3 Å². The SMILES string of the molecule is CCOc1ccc(NCC(O)c2cccc(F)c2)cc1F. The van der Waals surface area contributed by atoms with Gasteiger partial charge in [-0.1, -0.05) is 12.1 Å². The summed E-state index contributed by atoms with van der Waals surface area (Å²) in [6.07, 6.45) is -0.879. The van der Waals surface area contributed by atoms with E-state index >= 15 is 0 Å². The minimum atomic E-state index is -0.879. The van der Waals surface area contributed by atoms with Gasteiger partial charge in [0.25, 0.3) is 0 Å². The van der Waals surface area contributed by atoms with E-state index in [0.29, 0.717) is 17.9 Å². The van der Waals surface area contributed by atoms with Crippen LogP contribution in [0.1, 0.15) is 18.6 Å². The number of rotatable bonds is 6. The Morgan fingerprint density at radius 1 is 1.19 bits per heavy atom. The van der Waals surface area contributed by atoms with E-state index < -0.39 is 17.7 Å². The third-order valence-electron chi connectivity index (χ3n) is 2.96. The fourth-order valence-electron chi connectivity index (χ4n) is 1.93. The minimum absolute atomic E-state index is 0.150. The van der Waals surface area contributed by atoms with Crippen molar-refractivity contribution in [3.63, 3.8) is 0 Å².